The zero-order valence-electron chi connectivity index (χ0n) is 9.71. The molecule has 1 fully saturated rings. The van der Waals surface area contributed by atoms with Crippen LogP contribution in [0, 0.1) is 11.8 Å². The molecule has 0 radical (unpaired) electrons. The summed E-state index contributed by atoms with van der Waals surface area (Å²) in [7, 11) is 0. The first-order valence-corrected chi connectivity index (χ1v) is 5.57. The maximum atomic E-state index is 11.6. The summed E-state index contributed by atoms with van der Waals surface area (Å²) in [5, 5.41) is 2.47. The van der Waals surface area contributed by atoms with Crippen LogP contribution < -0.4 is 5.32 Å². The SMILES string of the molecule is CC#CC(=O)N[C@@H](C)C(=O)OC1CCCC1. The Bertz CT molecular complexity index is 321. The third-order valence-corrected chi connectivity index (χ3v) is 2.52. The van der Waals surface area contributed by atoms with Gasteiger partial charge in [0, 0.05) is 0 Å². The van der Waals surface area contributed by atoms with E-state index in [0.717, 1.165) is 25.7 Å². The number of carbonyl (C=O) groups excluding carboxylic acids is 2. The van der Waals surface area contributed by atoms with Gasteiger partial charge in [0.25, 0.3) is 5.91 Å². The van der Waals surface area contributed by atoms with Crippen LogP contribution >= 0.6 is 0 Å². The van der Waals surface area contributed by atoms with Gasteiger partial charge in [-0.3, -0.25) is 4.79 Å². The highest BCUT2D eigenvalue weighted by Crippen LogP contribution is 2.21. The predicted octanol–water partition coefficient (Wildman–Crippen LogP) is 1.00. The van der Waals surface area contributed by atoms with Crippen molar-refractivity contribution in [3.05, 3.63) is 0 Å². The van der Waals surface area contributed by atoms with Gasteiger partial charge >= 0.3 is 5.97 Å². The number of hydrogen-bond donors (Lipinski definition) is 1. The van der Waals surface area contributed by atoms with Crippen LogP contribution in [0.4, 0.5) is 0 Å². The molecule has 1 rings (SSSR count). The Morgan fingerprint density at radius 2 is 2.00 bits per heavy atom. The number of nitrogens with one attached hydrogen (secondary N) is 1. The lowest BCUT2D eigenvalue weighted by atomic mass is 10.3. The molecular formula is C12H17NO3. The van der Waals surface area contributed by atoms with E-state index in [1.807, 2.05) is 0 Å². The molecule has 4 nitrogen and oxygen atoms in total. The summed E-state index contributed by atoms with van der Waals surface area (Å²) in [4.78, 5) is 22.7. The van der Waals surface area contributed by atoms with Crippen LogP contribution in [-0.2, 0) is 14.3 Å². The van der Waals surface area contributed by atoms with E-state index in [9.17, 15) is 9.59 Å². The molecule has 0 aromatic heterocycles. The van der Waals surface area contributed by atoms with Crippen LogP contribution in [-0.4, -0.2) is 24.0 Å². The first kappa shape index (κ1) is 12.6. The molecule has 0 bridgehead atoms. The minimum absolute atomic E-state index is 0.0316. The van der Waals surface area contributed by atoms with Crippen LogP contribution in [0.1, 0.15) is 39.5 Å². The van der Waals surface area contributed by atoms with Gasteiger partial charge < -0.3 is 10.1 Å². The second-order valence-corrected chi connectivity index (χ2v) is 3.91. The molecule has 0 aliphatic heterocycles. The van der Waals surface area contributed by atoms with Gasteiger partial charge in [-0.25, -0.2) is 4.79 Å². The van der Waals surface area contributed by atoms with E-state index in [1.54, 1.807) is 13.8 Å². The van der Waals surface area contributed by atoms with Crippen molar-refractivity contribution in [2.24, 2.45) is 0 Å². The van der Waals surface area contributed by atoms with Crippen molar-refractivity contribution in [3.8, 4) is 11.8 Å². The lowest BCUT2D eigenvalue weighted by Gasteiger charge is -2.15. The zero-order valence-corrected chi connectivity index (χ0v) is 9.71. The van der Waals surface area contributed by atoms with Crippen LogP contribution in [0.2, 0.25) is 0 Å². The minimum atomic E-state index is -0.631. The molecule has 0 saturated heterocycles. The maximum absolute atomic E-state index is 11.6. The molecule has 4 heteroatoms. The monoisotopic (exact) mass is 223 g/mol. The fraction of sp³-hybridized carbons (Fsp3) is 0.667. The molecule has 0 spiro atoms. The predicted molar refractivity (Wildman–Crippen MR) is 59.4 cm³/mol. The van der Waals surface area contributed by atoms with E-state index in [2.05, 4.69) is 17.2 Å². The number of hydrogen-bond acceptors (Lipinski definition) is 3. The second-order valence-electron chi connectivity index (χ2n) is 3.91. The summed E-state index contributed by atoms with van der Waals surface area (Å²) < 4.78 is 5.25. The first-order chi connectivity index (χ1) is 7.63. The molecule has 0 aromatic carbocycles. The van der Waals surface area contributed by atoms with Crippen LogP contribution in [0.5, 0.6) is 0 Å². The molecule has 0 unspecified atom stereocenters. The van der Waals surface area contributed by atoms with Gasteiger partial charge in [0.15, 0.2) is 0 Å². The summed E-state index contributed by atoms with van der Waals surface area (Å²) in [5.74, 6) is 3.97. The van der Waals surface area contributed by atoms with Crippen molar-refractivity contribution in [2.75, 3.05) is 0 Å². The van der Waals surface area contributed by atoms with Gasteiger partial charge in [-0.1, -0.05) is 5.92 Å². The van der Waals surface area contributed by atoms with E-state index in [-0.39, 0.29) is 12.1 Å². The number of ether oxygens (including phenoxy) is 1. The summed E-state index contributed by atoms with van der Waals surface area (Å²) in [6, 6.07) is -0.631. The quantitative estimate of drug-likeness (QED) is 0.573. The molecule has 1 saturated carbocycles. The van der Waals surface area contributed by atoms with Crippen molar-refractivity contribution in [1.82, 2.24) is 5.32 Å². The lowest BCUT2D eigenvalue weighted by molar-refractivity contribution is -0.151. The number of amides is 1. The van der Waals surface area contributed by atoms with E-state index >= 15 is 0 Å². The summed E-state index contributed by atoms with van der Waals surface area (Å²) in [6.45, 7) is 3.17. The largest absolute Gasteiger partial charge is 0.461 e. The summed E-state index contributed by atoms with van der Waals surface area (Å²) >= 11 is 0. The van der Waals surface area contributed by atoms with Gasteiger partial charge in [0.05, 0.1) is 0 Å². The Morgan fingerprint density at radius 3 is 2.56 bits per heavy atom. The van der Waals surface area contributed by atoms with E-state index in [1.165, 1.54) is 0 Å². The van der Waals surface area contributed by atoms with Crippen LogP contribution in [0.3, 0.4) is 0 Å². The smallest absolute Gasteiger partial charge is 0.328 e. The average molecular weight is 223 g/mol. The van der Waals surface area contributed by atoms with Gasteiger partial charge in [0.1, 0.15) is 12.1 Å². The minimum Gasteiger partial charge on any atom is -0.461 e. The standard InChI is InChI=1S/C12H17NO3/c1-3-6-11(14)13-9(2)12(15)16-10-7-4-5-8-10/h9-10H,4-5,7-8H2,1-2H3,(H,13,14)/t9-/m0/s1. The average Bonchev–Trinajstić information content (AvgIpc) is 2.70. The second kappa shape index (κ2) is 6.16. The Kier molecular flexibility index (Phi) is 4.84. The van der Waals surface area contributed by atoms with Crippen molar-refractivity contribution in [3.63, 3.8) is 0 Å². The zero-order chi connectivity index (χ0) is 12.0. The maximum Gasteiger partial charge on any atom is 0.328 e. The van der Waals surface area contributed by atoms with E-state index < -0.39 is 11.9 Å². The van der Waals surface area contributed by atoms with E-state index in [4.69, 9.17) is 4.74 Å². The molecule has 1 amide bonds. The van der Waals surface area contributed by atoms with Crippen molar-refractivity contribution in [2.45, 2.75) is 51.7 Å². The van der Waals surface area contributed by atoms with E-state index in [0.29, 0.717) is 0 Å². The van der Waals surface area contributed by atoms with Crippen LogP contribution in [0.15, 0.2) is 0 Å². The van der Waals surface area contributed by atoms with Crippen LogP contribution in [0.25, 0.3) is 0 Å². The fourth-order valence-electron chi connectivity index (χ4n) is 1.68. The Hall–Kier alpha value is -1.50. The molecule has 0 aromatic rings. The van der Waals surface area contributed by atoms with Gasteiger partial charge in [-0.2, -0.15) is 0 Å². The number of carbonyl (C=O) groups is 2. The van der Waals surface area contributed by atoms with Crippen molar-refractivity contribution in [1.29, 1.82) is 0 Å². The molecule has 1 atom stereocenters. The molecule has 88 valence electrons. The number of esters is 1. The Balaban J connectivity index is 2.34. The Morgan fingerprint density at radius 1 is 1.38 bits per heavy atom. The third-order valence-electron chi connectivity index (χ3n) is 2.52. The first-order valence-electron chi connectivity index (χ1n) is 5.57. The fourth-order valence-corrected chi connectivity index (χ4v) is 1.68. The highest BCUT2D eigenvalue weighted by molar-refractivity contribution is 5.96. The van der Waals surface area contributed by atoms with Gasteiger partial charge in [-0.15, -0.1) is 0 Å². The Labute approximate surface area is 95.7 Å². The molecule has 0 heterocycles. The summed E-state index contributed by atoms with van der Waals surface area (Å²) in [5.41, 5.74) is 0. The molecule has 1 aliphatic carbocycles. The van der Waals surface area contributed by atoms with Crippen molar-refractivity contribution < 1.29 is 14.3 Å². The third kappa shape index (κ3) is 3.93. The summed E-state index contributed by atoms with van der Waals surface area (Å²) in [6.07, 6.45) is 4.12. The van der Waals surface area contributed by atoms with Gasteiger partial charge in [0.2, 0.25) is 0 Å². The molecule has 1 N–H and O–H groups in total. The highest BCUT2D eigenvalue weighted by atomic mass is 16.5. The number of rotatable bonds is 3. The van der Waals surface area contributed by atoms with Crippen molar-refractivity contribution >= 4 is 11.9 Å². The van der Waals surface area contributed by atoms with Gasteiger partial charge in [-0.05, 0) is 45.5 Å². The topological polar surface area (TPSA) is 55.4 Å². The molecular weight excluding hydrogens is 206 g/mol. The normalized spacial score (nSPS) is 17.1. The highest BCUT2D eigenvalue weighted by Gasteiger charge is 2.23. The molecule has 16 heavy (non-hydrogen) atoms. The lowest BCUT2D eigenvalue weighted by Crippen LogP contribution is -2.40. The molecule has 1 aliphatic rings.